The lowest BCUT2D eigenvalue weighted by Gasteiger charge is -2.13. The minimum absolute atomic E-state index is 0.196. The van der Waals surface area contributed by atoms with Crippen molar-refractivity contribution in [3.63, 3.8) is 0 Å². The number of hydrogen-bond donors (Lipinski definition) is 2. The Bertz CT molecular complexity index is 827. The first-order valence-electron chi connectivity index (χ1n) is 6.76. The van der Waals surface area contributed by atoms with Crippen LogP contribution in [0.15, 0.2) is 30.3 Å². The molecule has 0 saturated heterocycles. The molecule has 2 aromatic rings. The molecule has 0 aliphatic rings. The van der Waals surface area contributed by atoms with Crippen molar-refractivity contribution in [3.8, 4) is 0 Å². The highest BCUT2D eigenvalue weighted by atomic mass is 19.2. The lowest BCUT2D eigenvalue weighted by atomic mass is 10.1. The fraction of sp³-hybridized carbons (Fsp3) is 0.133. The molecule has 2 N–H and O–H groups in total. The summed E-state index contributed by atoms with van der Waals surface area (Å²) in [6, 6.07) is 4.94. The molecule has 1 atom stereocenters. The van der Waals surface area contributed by atoms with E-state index in [1.807, 2.05) is 5.32 Å². The van der Waals surface area contributed by atoms with Gasteiger partial charge in [-0.1, -0.05) is 0 Å². The topological polar surface area (TPSA) is 92.5 Å². The third-order valence-electron chi connectivity index (χ3n) is 3.29. The molecule has 0 saturated carbocycles. The van der Waals surface area contributed by atoms with Gasteiger partial charge >= 0.3 is 0 Å². The second-order valence-corrected chi connectivity index (χ2v) is 4.92. The van der Waals surface area contributed by atoms with Crippen molar-refractivity contribution in [1.82, 2.24) is 5.32 Å². The lowest BCUT2D eigenvalue weighted by molar-refractivity contribution is -0.384. The maximum Gasteiger partial charge on any atom is 0.269 e. The van der Waals surface area contributed by atoms with E-state index < -0.39 is 52.3 Å². The Labute approximate surface area is 137 Å². The smallest absolute Gasteiger partial charge is 0.269 e. The second-order valence-electron chi connectivity index (χ2n) is 4.92. The van der Waals surface area contributed by atoms with Crippen molar-refractivity contribution < 1.29 is 32.4 Å². The van der Waals surface area contributed by atoms with Gasteiger partial charge in [-0.05, 0) is 23.8 Å². The number of nitro groups is 1. The average Bonchev–Trinajstić information content (AvgIpc) is 2.60. The standard InChI is InChI=1S/C15H10F4N2O4/c16-10-5-9(12(17)14(19)13(10)18)15(23)20-6-11(22)7-1-3-8(4-2-7)21(24)25/h1-5,11,22H,6H2,(H,20,23)/t11-/m1/s1. The Hall–Kier alpha value is -3.01. The van der Waals surface area contributed by atoms with Gasteiger partial charge in [0.25, 0.3) is 11.6 Å². The van der Waals surface area contributed by atoms with E-state index in [9.17, 15) is 37.6 Å². The second kappa shape index (κ2) is 7.26. The highest BCUT2D eigenvalue weighted by Crippen LogP contribution is 2.20. The molecular formula is C15H10F4N2O4. The van der Waals surface area contributed by atoms with Gasteiger partial charge in [0.05, 0.1) is 16.6 Å². The van der Waals surface area contributed by atoms with E-state index in [4.69, 9.17) is 0 Å². The minimum atomic E-state index is -2.12. The van der Waals surface area contributed by atoms with E-state index in [2.05, 4.69) is 0 Å². The lowest BCUT2D eigenvalue weighted by Crippen LogP contribution is -2.29. The zero-order valence-corrected chi connectivity index (χ0v) is 12.3. The van der Waals surface area contributed by atoms with E-state index in [-0.39, 0.29) is 17.3 Å². The third-order valence-corrected chi connectivity index (χ3v) is 3.29. The number of rotatable bonds is 5. The Morgan fingerprint density at radius 2 is 1.72 bits per heavy atom. The van der Waals surface area contributed by atoms with Crippen LogP contribution in [0.2, 0.25) is 0 Å². The molecule has 0 aliphatic carbocycles. The Balaban J connectivity index is 2.08. The summed E-state index contributed by atoms with van der Waals surface area (Å²) in [4.78, 5) is 21.6. The fourth-order valence-corrected chi connectivity index (χ4v) is 1.96. The number of aliphatic hydroxyl groups is 1. The molecular weight excluding hydrogens is 348 g/mol. The van der Waals surface area contributed by atoms with E-state index >= 15 is 0 Å². The molecule has 132 valence electrons. The van der Waals surface area contributed by atoms with Gasteiger partial charge in [0.15, 0.2) is 23.3 Å². The molecule has 2 rings (SSSR count). The molecule has 0 spiro atoms. The summed E-state index contributed by atoms with van der Waals surface area (Å²) in [7, 11) is 0. The summed E-state index contributed by atoms with van der Waals surface area (Å²) in [5.41, 5.74) is -1.06. The van der Waals surface area contributed by atoms with Crippen LogP contribution in [0.25, 0.3) is 0 Å². The normalized spacial score (nSPS) is 11.9. The summed E-state index contributed by atoms with van der Waals surface area (Å²) in [6.07, 6.45) is -1.32. The Kier molecular flexibility index (Phi) is 5.32. The highest BCUT2D eigenvalue weighted by molar-refractivity contribution is 5.94. The fourth-order valence-electron chi connectivity index (χ4n) is 1.96. The molecule has 0 fully saturated rings. The maximum atomic E-state index is 13.5. The molecule has 6 nitrogen and oxygen atoms in total. The molecule has 10 heteroatoms. The van der Waals surface area contributed by atoms with E-state index in [1.54, 1.807) is 0 Å². The molecule has 0 radical (unpaired) electrons. The van der Waals surface area contributed by atoms with Gasteiger partial charge in [0.2, 0.25) is 0 Å². The number of amides is 1. The minimum Gasteiger partial charge on any atom is -0.387 e. The molecule has 0 heterocycles. The monoisotopic (exact) mass is 358 g/mol. The number of non-ortho nitro benzene ring substituents is 1. The van der Waals surface area contributed by atoms with Gasteiger partial charge in [-0.25, -0.2) is 17.6 Å². The zero-order valence-electron chi connectivity index (χ0n) is 12.3. The molecule has 0 bridgehead atoms. The summed E-state index contributed by atoms with van der Waals surface area (Å²) in [5, 5.41) is 22.4. The number of nitro benzene ring substituents is 1. The number of aliphatic hydroxyl groups excluding tert-OH is 1. The van der Waals surface area contributed by atoms with Crippen molar-refractivity contribution >= 4 is 11.6 Å². The quantitative estimate of drug-likeness (QED) is 0.283. The Morgan fingerprint density at radius 3 is 2.28 bits per heavy atom. The number of nitrogens with one attached hydrogen (secondary N) is 1. The highest BCUT2D eigenvalue weighted by Gasteiger charge is 2.23. The largest absolute Gasteiger partial charge is 0.387 e. The zero-order chi connectivity index (χ0) is 18.7. The predicted octanol–water partition coefficient (Wildman–Crippen LogP) is 2.61. The van der Waals surface area contributed by atoms with Crippen LogP contribution in [0, 0.1) is 33.4 Å². The van der Waals surface area contributed by atoms with Crippen LogP contribution in [0.4, 0.5) is 23.2 Å². The predicted molar refractivity (Wildman–Crippen MR) is 76.7 cm³/mol. The van der Waals surface area contributed by atoms with Crippen molar-refractivity contribution in [2.75, 3.05) is 6.54 Å². The van der Waals surface area contributed by atoms with Gasteiger partial charge in [-0.2, -0.15) is 0 Å². The molecule has 25 heavy (non-hydrogen) atoms. The first-order chi connectivity index (χ1) is 11.7. The van der Waals surface area contributed by atoms with Gasteiger partial charge in [-0.3, -0.25) is 14.9 Å². The summed E-state index contributed by atoms with van der Waals surface area (Å²) < 4.78 is 52.5. The van der Waals surface area contributed by atoms with Crippen LogP contribution in [0.3, 0.4) is 0 Å². The van der Waals surface area contributed by atoms with E-state index in [0.717, 1.165) is 12.1 Å². The van der Waals surface area contributed by atoms with Crippen molar-refractivity contribution in [1.29, 1.82) is 0 Å². The van der Waals surface area contributed by atoms with Gasteiger partial charge in [0, 0.05) is 18.7 Å². The number of benzene rings is 2. The van der Waals surface area contributed by atoms with Crippen LogP contribution in [-0.2, 0) is 0 Å². The van der Waals surface area contributed by atoms with E-state index in [0.29, 0.717) is 0 Å². The molecule has 0 aromatic heterocycles. The number of hydrogen-bond acceptors (Lipinski definition) is 4. The van der Waals surface area contributed by atoms with Crippen molar-refractivity contribution in [3.05, 3.63) is 74.8 Å². The number of halogens is 4. The van der Waals surface area contributed by atoms with Gasteiger partial charge in [0.1, 0.15) is 0 Å². The molecule has 0 unspecified atom stereocenters. The first-order valence-corrected chi connectivity index (χ1v) is 6.76. The van der Waals surface area contributed by atoms with E-state index in [1.165, 1.54) is 12.1 Å². The van der Waals surface area contributed by atoms with Crippen LogP contribution in [0.5, 0.6) is 0 Å². The van der Waals surface area contributed by atoms with Crippen LogP contribution in [-0.4, -0.2) is 22.5 Å². The SMILES string of the molecule is O=C(NC[C@@H](O)c1ccc([N+](=O)[O-])cc1)c1cc(F)c(F)c(F)c1F. The average molecular weight is 358 g/mol. The Morgan fingerprint density at radius 1 is 1.12 bits per heavy atom. The summed E-state index contributed by atoms with van der Waals surface area (Å²) >= 11 is 0. The molecule has 2 aromatic carbocycles. The molecule has 1 amide bonds. The molecule has 0 aliphatic heterocycles. The van der Waals surface area contributed by atoms with Crippen LogP contribution in [0.1, 0.15) is 22.0 Å². The van der Waals surface area contributed by atoms with Gasteiger partial charge < -0.3 is 10.4 Å². The summed E-state index contributed by atoms with van der Waals surface area (Å²) in [6.45, 7) is -0.475. The van der Waals surface area contributed by atoms with Crippen molar-refractivity contribution in [2.24, 2.45) is 0 Å². The number of carbonyl (C=O) groups is 1. The first kappa shape index (κ1) is 18.3. The van der Waals surface area contributed by atoms with Crippen LogP contribution < -0.4 is 5.32 Å². The van der Waals surface area contributed by atoms with Gasteiger partial charge in [-0.15, -0.1) is 0 Å². The van der Waals surface area contributed by atoms with Crippen LogP contribution >= 0.6 is 0 Å². The van der Waals surface area contributed by atoms with Crippen molar-refractivity contribution in [2.45, 2.75) is 6.10 Å². The summed E-state index contributed by atoms with van der Waals surface area (Å²) in [5.74, 6) is -9.03. The number of carbonyl (C=O) groups excluding carboxylic acids is 1. The third kappa shape index (κ3) is 3.91. The number of nitrogens with zero attached hydrogens (tertiary/aromatic N) is 1. The maximum absolute atomic E-state index is 13.5.